The second kappa shape index (κ2) is 4.71. The number of rotatable bonds is 2. The predicted molar refractivity (Wildman–Crippen MR) is 64.1 cm³/mol. The summed E-state index contributed by atoms with van der Waals surface area (Å²) in [7, 11) is -2.84. The first kappa shape index (κ1) is 12.8. The maximum absolute atomic E-state index is 11.8. The quantitative estimate of drug-likeness (QED) is 0.799. The Morgan fingerprint density at radius 2 is 2.25 bits per heavy atom. The first-order valence-corrected chi connectivity index (χ1v) is 6.74. The van der Waals surface area contributed by atoms with E-state index in [-0.39, 0.29) is 5.75 Å². The molecule has 1 unspecified atom stereocenters. The smallest absolute Gasteiger partial charge is 0.439 e. The van der Waals surface area contributed by atoms with Crippen LogP contribution in [0.2, 0.25) is 5.02 Å². The number of amides is 1. The fraction of sp³-hybridized carbons (Fsp3) is 0.222. The van der Waals surface area contributed by atoms with Gasteiger partial charge in [0.25, 0.3) is 0 Å². The Morgan fingerprint density at radius 1 is 1.62 bits per heavy atom. The zero-order chi connectivity index (χ0) is 12.3. The summed E-state index contributed by atoms with van der Waals surface area (Å²) in [6.45, 7) is 0. The zero-order valence-electron chi connectivity index (χ0n) is 8.51. The summed E-state index contributed by atoms with van der Waals surface area (Å²) in [5.74, 6) is -0.0385. The second-order valence-electron chi connectivity index (χ2n) is 3.33. The van der Waals surface area contributed by atoms with Gasteiger partial charge in [0.05, 0.1) is 15.5 Å². The molecule has 1 aromatic carbocycles. The van der Waals surface area contributed by atoms with Crippen molar-refractivity contribution < 1.29 is 14.1 Å². The fourth-order valence-electron chi connectivity index (χ4n) is 1.19. The average molecular weight is 263 g/mol. The van der Waals surface area contributed by atoms with E-state index in [1.807, 2.05) is 0 Å². The molecule has 0 spiro atoms. The zero-order valence-corrected chi connectivity index (χ0v) is 10.1. The number of nitrogens with two attached hydrogens (primary N) is 1. The van der Waals surface area contributed by atoms with Crippen LogP contribution in [0, 0.1) is 0 Å². The van der Waals surface area contributed by atoms with Gasteiger partial charge < -0.3 is 10.8 Å². The normalized spacial score (nSPS) is 14.1. The molecule has 0 fully saturated rings. The molecule has 0 radical (unpaired) electrons. The van der Waals surface area contributed by atoms with Gasteiger partial charge in [-0.15, -0.1) is 4.36 Å². The molecular formula is C9H11ClN2O3S. The highest BCUT2D eigenvalue weighted by Crippen LogP contribution is 2.21. The molecule has 0 aromatic heterocycles. The van der Waals surface area contributed by atoms with E-state index >= 15 is 0 Å². The Labute approximate surface area is 98.4 Å². The van der Waals surface area contributed by atoms with Crippen LogP contribution in [-0.4, -0.2) is 21.7 Å². The number of carboxylic acid groups (broad SMARTS) is 1. The number of hydrogen-bond donors (Lipinski definition) is 2. The summed E-state index contributed by atoms with van der Waals surface area (Å²) in [5.41, 5.74) is 6.55. The maximum Gasteiger partial charge on any atom is 0.439 e. The number of nitrogens with zero attached hydrogens (tertiary/aromatic N) is 1. The lowest BCUT2D eigenvalue weighted by atomic mass is 10.2. The third-order valence-electron chi connectivity index (χ3n) is 1.76. The standard InChI is InChI=1S/C9H11ClN2O3S/c1-16(15,12-9(13)14)5-6-4-7(11)2-3-8(6)10/h2-4H,5,11H2,1H3,(H,13,14). The van der Waals surface area contributed by atoms with Crippen LogP contribution in [0.4, 0.5) is 10.5 Å². The number of hydrogen-bond acceptors (Lipinski definition) is 3. The number of carbonyl (C=O) groups is 1. The van der Waals surface area contributed by atoms with Gasteiger partial charge >= 0.3 is 6.09 Å². The lowest BCUT2D eigenvalue weighted by Gasteiger charge is -2.06. The molecule has 1 rings (SSSR count). The summed E-state index contributed by atoms with van der Waals surface area (Å²) in [6, 6.07) is 4.74. The minimum atomic E-state index is -2.84. The highest BCUT2D eigenvalue weighted by Gasteiger charge is 2.09. The molecule has 1 atom stereocenters. The fourth-order valence-corrected chi connectivity index (χ4v) is 2.67. The Morgan fingerprint density at radius 3 is 2.81 bits per heavy atom. The summed E-state index contributed by atoms with van der Waals surface area (Å²) in [6.07, 6.45) is -0.187. The number of anilines is 1. The SMILES string of the molecule is CS(=O)(Cc1cc(N)ccc1Cl)=NC(=O)O. The van der Waals surface area contributed by atoms with Crippen molar-refractivity contribution in [3.63, 3.8) is 0 Å². The monoisotopic (exact) mass is 262 g/mol. The van der Waals surface area contributed by atoms with Crippen LogP contribution < -0.4 is 5.73 Å². The molecule has 1 aromatic rings. The first-order valence-electron chi connectivity index (χ1n) is 4.27. The largest absolute Gasteiger partial charge is 0.463 e. The van der Waals surface area contributed by atoms with Gasteiger partial charge in [-0.25, -0.2) is 9.00 Å². The topological polar surface area (TPSA) is 92.8 Å². The molecule has 3 N–H and O–H groups in total. The summed E-state index contributed by atoms with van der Waals surface area (Å²) >= 11 is 5.87. The first-order chi connectivity index (χ1) is 7.30. The van der Waals surface area contributed by atoms with Gasteiger partial charge in [-0.1, -0.05) is 11.6 Å². The van der Waals surface area contributed by atoms with Crippen LogP contribution in [0.25, 0.3) is 0 Å². The van der Waals surface area contributed by atoms with Crippen LogP contribution in [-0.2, 0) is 15.5 Å². The van der Waals surface area contributed by atoms with Gasteiger partial charge in [0, 0.05) is 17.0 Å². The molecule has 0 saturated heterocycles. The third kappa shape index (κ3) is 3.71. The van der Waals surface area contributed by atoms with Crippen molar-refractivity contribution in [1.29, 1.82) is 0 Å². The Bertz CT molecular complexity index is 536. The molecule has 0 aliphatic heterocycles. The van der Waals surface area contributed by atoms with E-state index in [4.69, 9.17) is 22.4 Å². The minimum Gasteiger partial charge on any atom is -0.463 e. The van der Waals surface area contributed by atoms with Crippen molar-refractivity contribution in [2.24, 2.45) is 4.36 Å². The van der Waals surface area contributed by atoms with Gasteiger partial charge in [-0.05, 0) is 23.8 Å². The van der Waals surface area contributed by atoms with Gasteiger partial charge in [0.1, 0.15) is 0 Å². The second-order valence-corrected chi connectivity index (χ2v) is 6.13. The molecular weight excluding hydrogens is 252 g/mol. The van der Waals surface area contributed by atoms with Gasteiger partial charge in [0.2, 0.25) is 0 Å². The number of nitrogen functional groups attached to an aromatic ring is 1. The molecule has 16 heavy (non-hydrogen) atoms. The maximum atomic E-state index is 11.8. The Balaban J connectivity index is 3.10. The van der Waals surface area contributed by atoms with E-state index in [2.05, 4.69) is 4.36 Å². The van der Waals surface area contributed by atoms with E-state index in [0.717, 1.165) is 0 Å². The Hall–Kier alpha value is -1.27. The molecule has 0 aliphatic carbocycles. The van der Waals surface area contributed by atoms with E-state index in [1.54, 1.807) is 18.2 Å². The van der Waals surface area contributed by atoms with Gasteiger partial charge in [-0.2, -0.15) is 0 Å². The lowest BCUT2D eigenvalue weighted by Crippen LogP contribution is -2.05. The highest BCUT2D eigenvalue weighted by molar-refractivity contribution is 7.92. The molecule has 5 nitrogen and oxygen atoms in total. The molecule has 0 saturated carbocycles. The summed E-state index contributed by atoms with van der Waals surface area (Å²) < 4.78 is 14.9. The molecule has 1 amide bonds. The van der Waals surface area contributed by atoms with Crippen LogP contribution in [0.1, 0.15) is 5.56 Å². The highest BCUT2D eigenvalue weighted by atomic mass is 35.5. The van der Waals surface area contributed by atoms with Crippen LogP contribution >= 0.6 is 11.6 Å². The Kier molecular flexibility index (Phi) is 3.77. The van der Waals surface area contributed by atoms with Crippen LogP contribution in [0.5, 0.6) is 0 Å². The van der Waals surface area contributed by atoms with Crippen LogP contribution in [0.15, 0.2) is 22.6 Å². The van der Waals surface area contributed by atoms with E-state index in [9.17, 15) is 9.00 Å². The molecule has 0 aliphatic rings. The average Bonchev–Trinajstić information content (AvgIpc) is 2.08. The molecule has 0 bridgehead atoms. The summed E-state index contributed by atoms with van der Waals surface area (Å²) in [5, 5.41) is 8.84. The number of halogens is 1. The number of benzene rings is 1. The van der Waals surface area contributed by atoms with Crippen molar-refractivity contribution >= 4 is 33.1 Å². The molecule has 0 heterocycles. The lowest BCUT2D eigenvalue weighted by molar-refractivity contribution is 0.206. The molecule has 88 valence electrons. The van der Waals surface area contributed by atoms with Crippen molar-refractivity contribution in [3.05, 3.63) is 28.8 Å². The van der Waals surface area contributed by atoms with Crippen LogP contribution in [0.3, 0.4) is 0 Å². The van der Waals surface area contributed by atoms with Crippen molar-refractivity contribution in [2.75, 3.05) is 12.0 Å². The predicted octanol–water partition coefficient (Wildman–Crippen LogP) is 2.20. The van der Waals surface area contributed by atoms with Crippen molar-refractivity contribution in [1.82, 2.24) is 0 Å². The van der Waals surface area contributed by atoms with E-state index < -0.39 is 15.8 Å². The third-order valence-corrected chi connectivity index (χ3v) is 3.52. The van der Waals surface area contributed by atoms with Crippen molar-refractivity contribution in [2.45, 2.75) is 5.75 Å². The van der Waals surface area contributed by atoms with Gasteiger partial charge in [-0.3, -0.25) is 0 Å². The molecule has 7 heteroatoms. The van der Waals surface area contributed by atoms with E-state index in [0.29, 0.717) is 16.3 Å². The summed E-state index contributed by atoms with van der Waals surface area (Å²) in [4.78, 5) is 10.4. The van der Waals surface area contributed by atoms with E-state index in [1.165, 1.54) is 6.26 Å². The van der Waals surface area contributed by atoms with Gasteiger partial charge in [0.15, 0.2) is 0 Å². The minimum absolute atomic E-state index is 0.0385. The van der Waals surface area contributed by atoms with Crippen molar-refractivity contribution in [3.8, 4) is 0 Å².